The molecule has 104 valence electrons. The molecule has 2 aliphatic heterocycles. The summed E-state index contributed by atoms with van der Waals surface area (Å²) in [5.41, 5.74) is 0. The molecule has 2 N–H and O–H groups in total. The van der Waals surface area contributed by atoms with E-state index in [4.69, 9.17) is 0 Å². The van der Waals surface area contributed by atoms with Gasteiger partial charge < -0.3 is 15.5 Å². The van der Waals surface area contributed by atoms with E-state index in [1.54, 1.807) is 0 Å². The summed E-state index contributed by atoms with van der Waals surface area (Å²) >= 11 is 0. The molecule has 0 aromatic heterocycles. The summed E-state index contributed by atoms with van der Waals surface area (Å²) in [5.74, 6) is 0.439. The lowest BCUT2D eigenvalue weighted by Crippen LogP contribution is -2.44. The highest BCUT2D eigenvalue weighted by Crippen LogP contribution is 2.11. The molecule has 2 rings (SSSR count). The number of hydrogen-bond donors (Lipinski definition) is 2. The molecule has 2 saturated heterocycles. The Morgan fingerprint density at radius 3 is 2.94 bits per heavy atom. The van der Waals surface area contributed by atoms with Gasteiger partial charge in [0.15, 0.2) is 0 Å². The first-order chi connectivity index (χ1) is 8.16. The van der Waals surface area contributed by atoms with E-state index in [0.717, 1.165) is 32.5 Å². The van der Waals surface area contributed by atoms with Crippen molar-refractivity contribution in [3.05, 3.63) is 0 Å². The first-order valence-corrected chi connectivity index (χ1v) is 6.45. The summed E-state index contributed by atoms with van der Waals surface area (Å²) in [4.78, 5) is 25.2. The summed E-state index contributed by atoms with van der Waals surface area (Å²) in [5, 5.41) is 6.18. The predicted molar refractivity (Wildman–Crippen MR) is 71.6 cm³/mol. The minimum Gasteiger partial charge on any atom is -0.352 e. The highest BCUT2D eigenvalue weighted by atomic mass is 35.5. The molecule has 0 spiro atoms. The van der Waals surface area contributed by atoms with E-state index in [1.165, 1.54) is 0 Å². The van der Waals surface area contributed by atoms with E-state index in [-0.39, 0.29) is 36.2 Å². The SMILES string of the molecule is CC(CN1CCCC1=O)NC(=O)C1CCNC1.Cl. The van der Waals surface area contributed by atoms with Gasteiger partial charge in [0.05, 0.1) is 5.92 Å². The number of amides is 2. The van der Waals surface area contributed by atoms with Crippen molar-refractivity contribution in [2.75, 3.05) is 26.2 Å². The molecule has 2 fully saturated rings. The van der Waals surface area contributed by atoms with Crippen molar-refractivity contribution in [2.24, 2.45) is 5.92 Å². The van der Waals surface area contributed by atoms with Gasteiger partial charge in [0.1, 0.15) is 0 Å². The number of halogens is 1. The fourth-order valence-corrected chi connectivity index (χ4v) is 2.51. The molecule has 18 heavy (non-hydrogen) atoms. The second-order valence-corrected chi connectivity index (χ2v) is 5.04. The van der Waals surface area contributed by atoms with Gasteiger partial charge in [0.25, 0.3) is 0 Å². The summed E-state index contributed by atoms with van der Waals surface area (Å²) < 4.78 is 0. The van der Waals surface area contributed by atoms with Crippen molar-refractivity contribution < 1.29 is 9.59 Å². The van der Waals surface area contributed by atoms with Gasteiger partial charge in [0, 0.05) is 32.1 Å². The zero-order chi connectivity index (χ0) is 12.3. The minimum atomic E-state index is 0. The number of rotatable bonds is 4. The molecule has 0 radical (unpaired) electrons. The zero-order valence-corrected chi connectivity index (χ0v) is 11.6. The maximum atomic E-state index is 11.9. The number of nitrogens with zero attached hydrogens (tertiary/aromatic N) is 1. The van der Waals surface area contributed by atoms with Crippen LogP contribution in [0.5, 0.6) is 0 Å². The zero-order valence-electron chi connectivity index (χ0n) is 10.8. The lowest BCUT2D eigenvalue weighted by atomic mass is 10.1. The number of likely N-dealkylation sites (tertiary alicyclic amines) is 1. The average molecular weight is 276 g/mol. The second-order valence-electron chi connectivity index (χ2n) is 5.04. The number of nitrogens with one attached hydrogen (secondary N) is 2. The molecule has 2 aliphatic rings. The van der Waals surface area contributed by atoms with Crippen molar-refractivity contribution in [2.45, 2.75) is 32.2 Å². The Bertz CT molecular complexity index is 306. The van der Waals surface area contributed by atoms with E-state index in [2.05, 4.69) is 10.6 Å². The van der Waals surface area contributed by atoms with Gasteiger partial charge in [-0.25, -0.2) is 0 Å². The third kappa shape index (κ3) is 3.85. The van der Waals surface area contributed by atoms with Crippen LogP contribution in [-0.2, 0) is 9.59 Å². The lowest BCUT2D eigenvalue weighted by Gasteiger charge is -2.22. The third-order valence-electron chi connectivity index (χ3n) is 3.49. The van der Waals surface area contributed by atoms with Gasteiger partial charge in [-0.15, -0.1) is 12.4 Å². The van der Waals surface area contributed by atoms with Crippen molar-refractivity contribution in [3.8, 4) is 0 Å². The first-order valence-electron chi connectivity index (χ1n) is 6.45. The van der Waals surface area contributed by atoms with Crippen LogP contribution in [0.25, 0.3) is 0 Å². The molecule has 5 nitrogen and oxygen atoms in total. The number of hydrogen-bond acceptors (Lipinski definition) is 3. The summed E-state index contributed by atoms with van der Waals surface area (Å²) in [6.45, 7) is 5.15. The molecule has 6 heteroatoms. The Labute approximate surface area is 114 Å². The van der Waals surface area contributed by atoms with Crippen LogP contribution >= 0.6 is 12.4 Å². The molecule has 2 heterocycles. The van der Waals surface area contributed by atoms with Crippen LogP contribution in [0.2, 0.25) is 0 Å². The number of carbonyl (C=O) groups excluding carboxylic acids is 2. The fourth-order valence-electron chi connectivity index (χ4n) is 2.51. The van der Waals surface area contributed by atoms with Gasteiger partial charge in [0.2, 0.25) is 11.8 Å². The van der Waals surface area contributed by atoms with Gasteiger partial charge in [-0.1, -0.05) is 0 Å². The van der Waals surface area contributed by atoms with Crippen molar-refractivity contribution >= 4 is 24.2 Å². The molecule has 0 aromatic rings. The largest absolute Gasteiger partial charge is 0.352 e. The first kappa shape index (κ1) is 15.2. The van der Waals surface area contributed by atoms with Crippen LogP contribution in [0.15, 0.2) is 0 Å². The standard InChI is InChI=1S/C12H21N3O2.ClH/c1-9(8-15-6-2-3-11(15)16)14-12(17)10-4-5-13-7-10;/h9-10,13H,2-8H2,1H3,(H,14,17);1H. The molecular weight excluding hydrogens is 254 g/mol. The van der Waals surface area contributed by atoms with E-state index in [1.807, 2.05) is 11.8 Å². The molecular formula is C12H22ClN3O2. The minimum absolute atomic E-state index is 0. The maximum Gasteiger partial charge on any atom is 0.224 e. The van der Waals surface area contributed by atoms with Crippen LogP contribution in [0.3, 0.4) is 0 Å². The summed E-state index contributed by atoms with van der Waals surface area (Å²) in [6.07, 6.45) is 2.53. The van der Waals surface area contributed by atoms with Crippen LogP contribution < -0.4 is 10.6 Å². The highest BCUT2D eigenvalue weighted by Gasteiger charge is 2.26. The Morgan fingerprint density at radius 1 is 1.61 bits per heavy atom. The Balaban J connectivity index is 0.00000162. The topological polar surface area (TPSA) is 61.4 Å². The molecule has 2 amide bonds. The summed E-state index contributed by atoms with van der Waals surface area (Å²) in [6, 6.07) is 0.0464. The van der Waals surface area contributed by atoms with Crippen molar-refractivity contribution in [1.82, 2.24) is 15.5 Å². The van der Waals surface area contributed by atoms with Gasteiger partial charge in [-0.05, 0) is 26.3 Å². The van der Waals surface area contributed by atoms with Gasteiger partial charge in [-0.2, -0.15) is 0 Å². The molecule has 2 unspecified atom stereocenters. The Kier molecular flexibility index (Phi) is 5.88. The molecule has 0 saturated carbocycles. The second kappa shape index (κ2) is 6.95. The highest BCUT2D eigenvalue weighted by molar-refractivity contribution is 5.85. The molecule has 0 bridgehead atoms. The van der Waals surface area contributed by atoms with E-state index < -0.39 is 0 Å². The Morgan fingerprint density at radius 2 is 2.39 bits per heavy atom. The monoisotopic (exact) mass is 275 g/mol. The normalized spacial score (nSPS) is 24.8. The predicted octanol–water partition coefficient (Wildman–Crippen LogP) is 0.145. The van der Waals surface area contributed by atoms with E-state index in [9.17, 15) is 9.59 Å². The van der Waals surface area contributed by atoms with Crippen LogP contribution in [0, 0.1) is 5.92 Å². The van der Waals surface area contributed by atoms with Crippen molar-refractivity contribution in [1.29, 1.82) is 0 Å². The number of carbonyl (C=O) groups is 2. The summed E-state index contributed by atoms with van der Waals surface area (Å²) in [7, 11) is 0. The van der Waals surface area contributed by atoms with Crippen LogP contribution in [0.4, 0.5) is 0 Å². The van der Waals surface area contributed by atoms with Gasteiger partial charge >= 0.3 is 0 Å². The van der Waals surface area contributed by atoms with Crippen LogP contribution in [0.1, 0.15) is 26.2 Å². The fraction of sp³-hybridized carbons (Fsp3) is 0.833. The lowest BCUT2D eigenvalue weighted by molar-refractivity contribution is -0.129. The average Bonchev–Trinajstić information content (AvgIpc) is 2.90. The molecule has 0 aromatic carbocycles. The Hall–Kier alpha value is -0.810. The maximum absolute atomic E-state index is 11.9. The van der Waals surface area contributed by atoms with Gasteiger partial charge in [-0.3, -0.25) is 9.59 Å². The van der Waals surface area contributed by atoms with E-state index >= 15 is 0 Å². The van der Waals surface area contributed by atoms with E-state index in [0.29, 0.717) is 13.0 Å². The quantitative estimate of drug-likeness (QED) is 0.768. The molecule has 2 atom stereocenters. The molecule has 0 aliphatic carbocycles. The smallest absolute Gasteiger partial charge is 0.224 e. The van der Waals surface area contributed by atoms with Crippen molar-refractivity contribution in [3.63, 3.8) is 0 Å². The third-order valence-corrected chi connectivity index (χ3v) is 3.49. The van der Waals surface area contributed by atoms with Crippen LogP contribution in [-0.4, -0.2) is 48.9 Å².